The molecule has 0 amide bonds. The van der Waals surface area contributed by atoms with E-state index in [4.69, 9.17) is 0 Å². The fourth-order valence-corrected chi connectivity index (χ4v) is 3.50. The number of rotatable bonds is 3. The van der Waals surface area contributed by atoms with Crippen LogP contribution in [0.2, 0.25) is 0 Å². The molecule has 0 aliphatic heterocycles. The van der Waals surface area contributed by atoms with Crippen molar-refractivity contribution < 1.29 is 17.2 Å². The van der Waals surface area contributed by atoms with Crippen LogP contribution in [0.15, 0.2) is 51.8 Å². The van der Waals surface area contributed by atoms with E-state index in [0.717, 1.165) is 18.2 Å². The molecule has 2 aromatic rings. The first kappa shape index (κ1) is 14.0. The molecule has 0 heterocycles. The summed E-state index contributed by atoms with van der Waals surface area (Å²) in [5, 5.41) is 0. The molecule has 0 aliphatic carbocycles. The lowest BCUT2D eigenvalue weighted by Gasteiger charge is -2.10. The van der Waals surface area contributed by atoms with Gasteiger partial charge < -0.3 is 0 Å². The Balaban J connectivity index is 2.43. The van der Waals surface area contributed by atoms with E-state index < -0.39 is 27.3 Å². The van der Waals surface area contributed by atoms with Crippen molar-refractivity contribution in [3.8, 4) is 0 Å². The predicted octanol–water partition coefficient (Wildman–Crippen LogP) is 3.53. The Morgan fingerprint density at radius 3 is 2.42 bits per heavy atom. The third-order valence-corrected chi connectivity index (χ3v) is 4.68. The van der Waals surface area contributed by atoms with E-state index >= 15 is 0 Å². The van der Waals surface area contributed by atoms with Crippen LogP contribution in [-0.2, 0) is 10.0 Å². The van der Waals surface area contributed by atoms with E-state index in [0.29, 0.717) is 4.47 Å². The van der Waals surface area contributed by atoms with Gasteiger partial charge in [0.25, 0.3) is 10.0 Å². The van der Waals surface area contributed by atoms with E-state index in [2.05, 4.69) is 15.9 Å². The Kier molecular flexibility index (Phi) is 3.86. The molecule has 0 aliphatic rings. The van der Waals surface area contributed by atoms with E-state index in [1.807, 2.05) is 4.72 Å². The zero-order valence-corrected chi connectivity index (χ0v) is 11.8. The highest BCUT2D eigenvalue weighted by Gasteiger charge is 2.19. The first-order chi connectivity index (χ1) is 8.90. The van der Waals surface area contributed by atoms with Crippen LogP contribution in [0, 0.1) is 11.6 Å². The number of nitrogens with one attached hydrogen (secondary N) is 1. The largest absolute Gasteiger partial charge is 0.277 e. The molecule has 0 aromatic heterocycles. The van der Waals surface area contributed by atoms with Crippen molar-refractivity contribution in [2.45, 2.75) is 4.90 Å². The SMILES string of the molecule is O=S(=O)(Nc1cc(F)ccc1F)c1ccccc1Br. The smallest absolute Gasteiger partial charge is 0.263 e. The summed E-state index contributed by atoms with van der Waals surface area (Å²) in [5.74, 6) is -1.58. The summed E-state index contributed by atoms with van der Waals surface area (Å²) < 4.78 is 52.9. The standard InChI is InChI=1S/C12H8BrF2NO2S/c13-9-3-1-2-4-12(9)19(17,18)16-11-7-8(14)5-6-10(11)15/h1-7,16H. The van der Waals surface area contributed by atoms with Crippen LogP contribution >= 0.6 is 15.9 Å². The molecular formula is C12H8BrF2NO2S. The highest BCUT2D eigenvalue weighted by atomic mass is 79.9. The van der Waals surface area contributed by atoms with Gasteiger partial charge in [-0.3, -0.25) is 4.72 Å². The van der Waals surface area contributed by atoms with Crippen molar-refractivity contribution >= 4 is 31.6 Å². The molecule has 2 aromatic carbocycles. The molecule has 0 fully saturated rings. The first-order valence-electron chi connectivity index (χ1n) is 5.12. The summed E-state index contributed by atoms with van der Waals surface area (Å²) in [4.78, 5) is -0.0568. The van der Waals surface area contributed by atoms with Crippen LogP contribution < -0.4 is 4.72 Å². The van der Waals surface area contributed by atoms with E-state index in [1.165, 1.54) is 18.2 Å². The second-order valence-corrected chi connectivity index (χ2v) is 6.17. The topological polar surface area (TPSA) is 46.2 Å². The molecule has 19 heavy (non-hydrogen) atoms. The first-order valence-corrected chi connectivity index (χ1v) is 7.40. The van der Waals surface area contributed by atoms with Crippen molar-refractivity contribution in [1.82, 2.24) is 0 Å². The molecule has 0 saturated heterocycles. The molecule has 3 nitrogen and oxygen atoms in total. The Bertz CT molecular complexity index is 719. The van der Waals surface area contributed by atoms with Gasteiger partial charge in [0.15, 0.2) is 0 Å². The Hall–Kier alpha value is -1.47. The van der Waals surface area contributed by atoms with Crippen molar-refractivity contribution in [3.63, 3.8) is 0 Å². The number of anilines is 1. The summed E-state index contributed by atoms with van der Waals surface area (Å²) in [6, 6.07) is 8.61. The van der Waals surface area contributed by atoms with Gasteiger partial charge in [-0.15, -0.1) is 0 Å². The minimum atomic E-state index is -3.99. The summed E-state index contributed by atoms with van der Waals surface area (Å²) in [6.07, 6.45) is 0. The van der Waals surface area contributed by atoms with Gasteiger partial charge in [0, 0.05) is 10.5 Å². The third kappa shape index (κ3) is 3.10. The normalized spacial score (nSPS) is 11.3. The van der Waals surface area contributed by atoms with Gasteiger partial charge in [0.2, 0.25) is 0 Å². The lowest BCUT2D eigenvalue weighted by molar-refractivity contribution is 0.594. The summed E-state index contributed by atoms with van der Waals surface area (Å²) >= 11 is 3.09. The highest BCUT2D eigenvalue weighted by Crippen LogP contribution is 2.25. The van der Waals surface area contributed by atoms with Crippen LogP contribution in [0.25, 0.3) is 0 Å². The molecular weight excluding hydrogens is 340 g/mol. The Labute approximate surface area is 117 Å². The fourth-order valence-electron chi connectivity index (χ4n) is 1.44. The van der Waals surface area contributed by atoms with E-state index in [9.17, 15) is 17.2 Å². The number of benzene rings is 2. The second kappa shape index (κ2) is 5.26. The average Bonchev–Trinajstić information content (AvgIpc) is 2.34. The molecule has 0 bridgehead atoms. The van der Waals surface area contributed by atoms with Crippen LogP contribution in [-0.4, -0.2) is 8.42 Å². The lowest BCUT2D eigenvalue weighted by atomic mass is 10.3. The minimum absolute atomic E-state index is 0.0568. The monoisotopic (exact) mass is 347 g/mol. The third-order valence-electron chi connectivity index (χ3n) is 2.30. The van der Waals surface area contributed by atoms with Gasteiger partial charge in [-0.05, 0) is 40.2 Å². The molecule has 2 rings (SSSR count). The van der Waals surface area contributed by atoms with Crippen molar-refractivity contribution in [3.05, 3.63) is 58.6 Å². The maximum Gasteiger partial charge on any atom is 0.263 e. The van der Waals surface area contributed by atoms with E-state index in [-0.39, 0.29) is 4.90 Å². The van der Waals surface area contributed by atoms with Gasteiger partial charge in [0.1, 0.15) is 16.5 Å². The highest BCUT2D eigenvalue weighted by molar-refractivity contribution is 9.10. The maximum atomic E-state index is 13.4. The minimum Gasteiger partial charge on any atom is -0.277 e. The van der Waals surface area contributed by atoms with E-state index in [1.54, 1.807) is 6.07 Å². The quantitative estimate of drug-likeness (QED) is 0.923. The molecule has 0 atom stereocenters. The van der Waals surface area contributed by atoms with Gasteiger partial charge in [-0.1, -0.05) is 12.1 Å². The van der Waals surface area contributed by atoms with Crippen molar-refractivity contribution in [1.29, 1.82) is 0 Å². The average molecular weight is 348 g/mol. The molecule has 0 radical (unpaired) electrons. The van der Waals surface area contributed by atoms with Crippen molar-refractivity contribution in [2.24, 2.45) is 0 Å². The zero-order chi connectivity index (χ0) is 14.0. The number of halogens is 3. The lowest BCUT2D eigenvalue weighted by Crippen LogP contribution is -2.14. The molecule has 0 spiro atoms. The number of hydrogen-bond donors (Lipinski definition) is 1. The van der Waals surface area contributed by atoms with Gasteiger partial charge in [-0.25, -0.2) is 17.2 Å². The number of hydrogen-bond acceptors (Lipinski definition) is 2. The molecule has 7 heteroatoms. The summed E-state index contributed by atoms with van der Waals surface area (Å²) in [5.41, 5.74) is -0.434. The predicted molar refractivity (Wildman–Crippen MR) is 71.3 cm³/mol. The zero-order valence-electron chi connectivity index (χ0n) is 9.40. The van der Waals surface area contributed by atoms with Crippen LogP contribution in [0.3, 0.4) is 0 Å². The molecule has 0 unspecified atom stereocenters. The Morgan fingerprint density at radius 2 is 1.74 bits per heavy atom. The Morgan fingerprint density at radius 1 is 1.05 bits per heavy atom. The summed E-state index contributed by atoms with van der Waals surface area (Å²) in [7, 11) is -3.99. The van der Waals surface area contributed by atoms with Gasteiger partial charge >= 0.3 is 0 Å². The summed E-state index contributed by atoms with van der Waals surface area (Å²) in [6.45, 7) is 0. The number of sulfonamides is 1. The van der Waals surface area contributed by atoms with Gasteiger partial charge in [-0.2, -0.15) is 0 Å². The van der Waals surface area contributed by atoms with Crippen LogP contribution in [0.5, 0.6) is 0 Å². The molecule has 0 saturated carbocycles. The molecule has 1 N–H and O–H groups in total. The van der Waals surface area contributed by atoms with Crippen LogP contribution in [0.1, 0.15) is 0 Å². The maximum absolute atomic E-state index is 13.4. The van der Waals surface area contributed by atoms with Crippen LogP contribution in [0.4, 0.5) is 14.5 Å². The fraction of sp³-hybridized carbons (Fsp3) is 0. The van der Waals surface area contributed by atoms with Gasteiger partial charge in [0.05, 0.1) is 5.69 Å². The second-order valence-electron chi connectivity index (χ2n) is 3.66. The van der Waals surface area contributed by atoms with Crippen molar-refractivity contribution in [2.75, 3.05) is 4.72 Å². The molecule has 100 valence electrons.